The van der Waals surface area contributed by atoms with Gasteiger partial charge in [0.25, 0.3) is 5.91 Å². The van der Waals surface area contributed by atoms with Crippen molar-refractivity contribution >= 4 is 34.4 Å². The molecule has 0 aliphatic heterocycles. The van der Waals surface area contributed by atoms with Gasteiger partial charge in [-0.3, -0.25) is 9.20 Å². The zero-order valence-corrected chi connectivity index (χ0v) is 17.3. The van der Waals surface area contributed by atoms with Crippen molar-refractivity contribution in [3.8, 4) is 17.6 Å². The van der Waals surface area contributed by atoms with Crippen LogP contribution < -0.4 is 14.8 Å². The molecule has 0 spiro atoms. The van der Waals surface area contributed by atoms with Crippen LogP contribution in [-0.2, 0) is 0 Å². The van der Waals surface area contributed by atoms with E-state index in [4.69, 9.17) is 10.00 Å². The molecule has 1 aromatic carbocycles. The molecule has 2 aromatic heterocycles. The summed E-state index contributed by atoms with van der Waals surface area (Å²) in [5.74, 6) is -0.151. The summed E-state index contributed by atoms with van der Waals surface area (Å²) in [7, 11) is 0. The first-order valence-electron chi connectivity index (χ1n) is 9.10. The fourth-order valence-electron chi connectivity index (χ4n) is 2.77. The molecule has 0 aliphatic carbocycles. The number of halogens is 2. The molecule has 2 heterocycles. The van der Waals surface area contributed by atoms with Gasteiger partial charge in [0.2, 0.25) is 0 Å². The highest BCUT2D eigenvalue weighted by molar-refractivity contribution is 7.15. The van der Waals surface area contributed by atoms with E-state index < -0.39 is 6.61 Å². The number of nitriles is 1. The summed E-state index contributed by atoms with van der Waals surface area (Å²) < 4.78 is 37.3. The number of benzene rings is 1. The summed E-state index contributed by atoms with van der Waals surface area (Å²) in [6.45, 7) is 2.42. The molecule has 0 unspecified atom stereocenters. The number of amides is 1. The van der Waals surface area contributed by atoms with E-state index >= 15 is 0 Å². The Morgan fingerprint density at radius 1 is 1.45 bits per heavy atom. The second kappa shape index (κ2) is 9.86. The first kappa shape index (κ1) is 22.0. The summed E-state index contributed by atoms with van der Waals surface area (Å²) in [4.78, 5) is 17.7. The smallest absolute Gasteiger partial charge is 0.387 e. The third kappa shape index (κ3) is 5.26. The summed E-state index contributed by atoms with van der Waals surface area (Å²) >= 11 is 1.36. The van der Waals surface area contributed by atoms with Gasteiger partial charge >= 0.3 is 6.61 Å². The van der Waals surface area contributed by atoms with Crippen molar-refractivity contribution in [3.05, 3.63) is 59.1 Å². The minimum atomic E-state index is -3.02. The summed E-state index contributed by atoms with van der Waals surface area (Å²) in [5.41, 5.74) is 1.11. The molecule has 0 radical (unpaired) electrons. The van der Waals surface area contributed by atoms with Crippen LogP contribution in [0.25, 0.3) is 17.1 Å². The van der Waals surface area contributed by atoms with Gasteiger partial charge in [-0.2, -0.15) is 14.0 Å². The number of thiazole rings is 1. The first-order valence-corrected chi connectivity index (χ1v) is 9.98. The number of nitrogens with zero attached hydrogens (tertiary/aromatic N) is 3. The maximum atomic E-state index is 12.8. The Morgan fingerprint density at radius 3 is 2.97 bits per heavy atom. The van der Waals surface area contributed by atoms with E-state index in [2.05, 4.69) is 21.6 Å². The molecule has 0 fully saturated rings. The van der Waals surface area contributed by atoms with Crippen LogP contribution in [0.5, 0.6) is 11.5 Å². The Bertz CT molecular complexity index is 1180. The molecule has 0 aliphatic rings. The highest BCUT2D eigenvalue weighted by atomic mass is 32.1. The lowest BCUT2D eigenvalue weighted by Crippen LogP contribution is -2.26. The number of alkyl halides is 2. The monoisotopic (exact) mass is 444 g/mol. The number of imidazole rings is 1. The van der Waals surface area contributed by atoms with Gasteiger partial charge in [-0.05, 0) is 25.1 Å². The Balaban J connectivity index is 1.99. The number of ether oxygens (including phenoxy) is 2. The lowest BCUT2D eigenvalue weighted by molar-refractivity contribution is -0.0511. The van der Waals surface area contributed by atoms with E-state index in [0.717, 1.165) is 0 Å². The maximum Gasteiger partial charge on any atom is 0.387 e. The molecule has 0 bridgehead atoms. The average Bonchev–Trinajstić information content (AvgIpc) is 3.28. The molecule has 0 saturated heterocycles. The van der Waals surface area contributed by atoms with E-state index in [1.165, 1.54) is 17.4 Å². The first-order chi connectivity index (χ1) is 14.9. The van der Waals surface area contributed by atoms with Gasteiger partial charge in [-0.15, -0.1) is 11.3 Å². The van der Waals surface area contributed by atoms with Crippen LogP contribution in [0.1, 0.15) is 35.1 Å². The molecule has 0 atom stereocenters. The summed E-state index contributed by atoms with van der Waals surface area (Å²) in [6, 6.07) is 6.53. The molecule has 3 aromatic rings. The van der Waals surface area contributed by atoms with Gasteiger partial charge in [-0.25, -0.2) is 4.98 Å². The van der Waals surface area contributed by atoms with Crippen molar-refractivity contribution < 1.29 is 23.0 Å². The topological polar surface area (TPSA) is 88.7 Å². The Morgan fingerprint density at radius 2 is 2.26 bits per heavy atom. The predicted molar refractivity (Wildman–Crippen MR) is 113 cm³/mol. The fraction of sp³-hybridized carbons (Fsp3) is 0.190. The molecule has 31 heavy (non-hydrogen) atoms. The molecule has 7 nitrogen and oxygen atoms in total. The summed E-state index contributed by atoms with van der Waals surface area (Å²) in [6.07, 6.45) is 5.08. The Kier molecular flexibility index (Phi) is 6.99. The lowest BCUT2D eigenvalue weighted by Gasteiger charge is -2.14. The third-order valence-corrected chi connectivity index (χ3v) is 4.71. The highest BCUT2D eigenvalue weighted by Crippen LogP contribution is 2.35. The van der Waals surface area contributed by atoms with Gasteiger partial charge < -0.3 is 14.8 Å². The van der Waals surface area contributed by atoms with E-state index in [1.807, 2.05) is 6.07 Å². The molecule has 10 heteroatoms. The quantitative estimate of drug-likeness (QED) is 0.381. The molecule has 160 valence electrons. The predicted octanol–water partition coefficient (Wildman–Crippen LogP) is 4.72. The van der Waals surface area contributed by atoms with Gasteiger partial charge in [-0.1, -0.05) is 18.7 Å². The van der Waals surface area contributed by atoms with Crippen molar-refractivity contribution in [1.29, 1.82) is 5.26 Å². The van der Waals surface area contributed by atoms with Gasteiger partial charge in [0, 0.05) is 23.7 Å². The second-order valence-corrected chi connectivity index (χ2v) is 7.13. The number of carbonyl (C=O) groups excluding carboxylic acids is 1. The molecular weight excluding hydrogens is 426 g/mol. The van der Waals surface area contributed by atoms with E-state index in [9.17, 15) is 13.6 Å². The number of nitrogens with one attached hydrogen (secondary N) is 1. The van der Waals surface area contributed by atoms with E-state index in [-0.39, 0.29) is 30.4 Å². The highest BCUT2D eigenvalue weighted by Gasteiger charge is 2.19. The van der Waals surface area contributed by atoms with Crippen molar-refractivity contribution in [2.24, 2.45) is 0 Å². The number of allylic oxidation sites excluding steroid dienone is 1. The maximum absolute atomic E-state index is 12.8. The normalized spacial score (nSPS) is 11.1. The minimum Gasteiger partial charge on any atom is -0.458 e. The van der Waals surface area contributed by atoms with Crippen molar-refractivity contribution in [3.63, 3.8) is 0 Å². The van der Waals surface area contributed by atoms with Crippen LogP contribution in [0.15, 0.2) is 42.1 Å². The number of rotatable bonds is 9. The number of carbonyl (C=O) groups is 1. The Labute approximate surface area is 180 Å². The molecule has 1 amide bonds. The minimum absolute atomic E-state index is 0.0765. The zero-order valence-electron chi connectivity index (χ0n) is 16.5. The van der Waals surface area contributed by atoms with Crippen molar-refractivity contribution in [2.45, 2.75) is 20.0 Å². The number of hydrogen-bond acceptors (Lipinski definition) is 6. The number of aromatic nitrogens is 2. The molecule has 0 saturated carbocycles. The van der Waals surface area contributed by atoms with Crippen molar-refractivity contribution in [1.82, 2.24) is 14.7 Å². The largest absolute Gasteiger partial charge is 0.458 e. The zero-order chi connectivity index (χ0) is 22.4. The van der Waals surface area contributed by atoms with Gasteiger partial charge in [0.05, 0.1) is 23.9 Å². The third-order valence-electron chi connectivity index (χ3n) is 3.95. The number of para-hydroxylation sites is 1. The standard InChI is InChI=1S/C21H18F2N4O3S/c1-13(2)29-18-14(5-3-6-16(18)30-20(22)23)7-8-15-17(19(28)25-10-4-9-24)27-11-12-31-21(27)26-15/h3,5-8,11-12,20H,1,4,10H2,2H3,(H,25,28). The number of fused-ring (bicyclic) bond motifs is 1. The van der Waals surface area contributed by atoms with Gasteiger partial charge in [0.1, 0.15) is 5.69 Å². The van der Waals surface area contributed by atoms with Crippen LogP contribution in [-0.4, -0.2) is 28.4 Å². The fourth-order valence-corrected chi connectivity index (χ4v) is 3.49. The van der Waals surface area contributed by atoms with Gasteiger partial charge in [0.15, 0.2) is 16.5 Å². The lowest BCUT2D eigenvalue weighted by atomic mass is 10.1. The van der Waals surface area contributed by atoms with Crippen LogP contribution in [0.3, 0.4) is 0 Å². The Hall–Kier alpha value is -3.71. The van der Waals surface area contributed by atoms with Crippen LogP contribution in [0.2, 0.25) is 0 Å². The molecule has 1 N–H and O–H groups in total. The SMILES string of the molecule is C=C(C)Oc1c(C=Cc2nc3sccn3c2C(=O)NCCC#N)cccc1OC(F)F. The van der Waals surface area contributed by atoms with Crippen LogP contribution >= 0.6 is 11.3 Å². The molecular formula is C21H18F2N4O3S. The van der Waals surface area contributed by atoms with Crippen LogP contribution in [0, 0.1) is 11.3 Å². The van der Waals surface area contributed by atoms with E-state index in [1.54, 1.807) is 47.2 Å². The molecule has 3 rings (SSSR count). The number of hydrogen-bond donors (Lipinski definition) is 1. The van der Waals surface area contributed by atoms with Crippen LogP contribution in [0.4, 0.5) is 8.78 Å². The average molecular weight is 444 g/mol. The second-order valence-electron chi connectivity index (χ2n) is 6.26. The van der Waals surface area contributed by atoms with E-state index in [0.29, 0.717) is 27.7 Å². The van der Waals surface area contributed by atoms with Crippen molar-refractivity contribution in [2.75, 3.05) is 6.54 Å². The summed E-state index contributed by atoms with van der Waals surface area (Å²) in [5, 5.41) is 13.2.